The molecule has 298 valence electrons. The highest BCUT2D eigenvalue weighted by Gasteiger charge is 2.51. The van der Waals surface area contributed by atoms with E-state index in [0.717, 1.165) is 16.6 Å². The van der Waals surface area contributed by atoms with Gasteiger partial charge in [-0.25, -0.2) is 12.4 Å². The molecule has 4 heteroatoms. The van der Waals surface area contributed by atoms with Gasteiger partial charge in [-0.2, -0.15) is 0 Å². The summed E-state index contributed by atoms with van der Waals surface area (Å²) in [5.74, 6) is 0. The van der Waals surface area contributed by atoms with Gasteiger partial charge in [-0.05, 0) is 19.1 Å². The normalized spacial score (nSPS) is 17.2. The van der Waals surface area contributed by atoms with Crippen LogP contribution in [0, 0.1) is 6.92 Å². The third-order valence-electron chi connectivity index (χ3n) is 24.2. The monoisotopic (exact) mass is 889 g/mol. The maximum atomic E-state index is 16.8. The van der Waals surface area contributed by atoms with Crippen LogP contribution in [0.4, 0.5) is 0 Å². The van der Waals surface area contributed by atoms with Crippen molar-refractivity contribution in [3.63, 3.8) is 0 Å². The molecule has 0 bridgehead atoms. The SMILES string of the molecule is Cc1ccc(S(=O)(=O)n2c3c4c5c6c7c8c9c%10c%11c%12c%13c%10c%10c8c8c%14c%10c%10c%13c%13c%15c%12c%12c%16c%11c%11c9c7c7c9c%11c%16c%11c%16c%12c%15c%12c%15c%13c%10c%10c%14c(c4c86)c4c%10c%15c6c%12c%16c8c%11c9c(c75)c3c8c6c42)cc1. The zero-order valence-electron chi connectivity index (χ0n) is 36.0. The lowest BCUT2D eigenvalue weighted by Gasteiger charge is -2.24. The molecule has 31 aromatic carbocycles. The minimum absolute atomic E-state index is 0.378. The molecule has 1 aromatic heterocycles. The quantitative estimate of drug-likeness (QED) is 0.128. The fraction of sp³-hybridized carbons (Fsp3) is 0.0149. The predicted molar refractivity (Wildman–Crippen MR) is 301 cm³/mol. The van der Waals surface area contributed by atoms with E-state index < -0.39 is 10.0 Å². The van der Waals surface area contributed by atoms with E-state index >= 15 is 8.42 Å². The maximum absolute atomic E-state index is 16.8. The maximum Gasteiger partial charge on any atom is 0.268 e. The second-order valence-corrected chi connectivity index (χ2v) is 26.8. The Balaban J connectivity index is 1.21. The van der Waals surface area contributed by atoms with E-state index in [1.807, 2.05) is 28.2 Å². The van der Waals surface area contributed by atoms with E-state index in [9.17, 15) is 0 Å². The van der Waals surface area contributed by atoms with Crippen LogP contribution >= 0.6 is 0 Å². The highest BCUT2D eigenvalue weighted by Crippen LogP contribution is 2.80. The number of hydrogen-bond donors (Lipinski definition) is 0. The Hall–Kier alpha value is -8.83. The second-order valence-electron chi connectivity index (χ2n) is 25.0. The molecular weight excluding hydrogens is 883 g/mol. The van der Waals surface area contributed by atoms with Crippen molar-refractivity contribution in [2.24, 2.45) is 0 Å². The van der Waals surface area contributed by atoms with Crippen LogP contribution in [0.25, 0.3) is 323 Å². The average molecular weight is 890 g/mol. The zero-order chi connectivity index (χ0) is 42.7. The number of aromatic nitrogens is 1. The van der Waals surface area contributed by atoms with Crippen LogP contribution in [0.2, 0.25) is 0 Å². The van der Waals surface area contributed by atoms with Crippen LogP contribution in [0.3, 0.4) is 0 Å². The number of pyridine rings is 1. The van der Waals surface area contributed by atoms with E-state index in [1.54, 1.807) is 97.0 Å². The van der Waals surface area contributed by atoms with Gasteiger partial charge in [0.05, 0.1) is 15.9 Å². The summed E-state index contributed by atoms with van der Waals surface area (Å²) in [7, 11) is -4.19. The Kier molecular flexibility index (Phi) is 2.31. The molecule has 0 spiro atoms. The van der Waals surface area contributed by atoms with Crippen molar-refractivity contribution >= 4 is 333 Å². The Labute approximate surface area is 385 Å². The first-order chi connectivity index (χ1) is 35.1. The topological polar surface area (TPSA) is 39.1 Å². The molecule has 3 nitrogen and oxygen atoms in total. The van der Waals surface area contributed by atoms with Crippen molar-refractivity contribution in [3.8, 4) is 0 Å². The lowest BCUT2D eigenvalue weighted by molar-refractivity contribution is 0.590. The first-order valence-corrected chi connectivity index (χ1v) is 27.2. The molecule has 0 atom stereocenters. The molecule has 32 aromatic rings. The van der Waals surface area contributed by atoms with Gasteiger partial charge in [0.25, 0.3) is 10.0 Å². The van der Waals surface area contributed by atoms with Crippen molar-refractivity contribution in [2.45, 2.75) is 11.8 Å². The minimum Gasteiger partial charge on any atom is -0.232 e. The summed E-state index contributed by atoms with van der Waals surface area (Å²) in [4.78, 5) is 0.378. The molecule has 0 N–H and O–H groups in total. The first-order valence-electron chi connectivity index (χ1n) is 25.7. The fourth-order valence-corrected chi connectivity index (χ4v) is 25.1. The summed E-state index contributed by atoms with van der Waals surface area (Å²) in [6.07, 6.45) is 0. The second kappa shape index (κ2) is 6.12. The van der Waals surface area contributed by atoms with Gasteiger partial charge in [0.2, 0.25) is 0 Å². The summed E-state index contributed by atoms with van der Waals surface area (Å²) in [6, 6.07) is 7.80. The van der Waals surface area contributed by atoms with Gasteiger partial charge in [-0.15, -0.1) is 0 Å². The van der Waals surface area contributed by atoms with Crippen LogP contribution in [-0.4, -0.2) is 12.4 Å². The molecular formula is C67H7NO2S. The predicted octanol–water partition coefficient (Wildman–Crippen LogP) is 18.6. The molecule has 0 fully saturated rings. The van der Waals surface area contributed by atoms with Crippen LogP contribution in [0.1, 0.15) is 5.56 Å². The van der Waals surface area contributed by atoms with Gasteiger partial charge in [-0.1, -0.05) is 17.7 Å². The molecule has 0 saturated heterocycles. The molecule has 32 rings (SSSR count). The number of aryl methyl sites for hydroxylation is 1. The summed E-state index contributed by atoms with van der Waals surface area (Å²) in [6.45, 7) is 2.07. The standard InChI is InChI=1S/C67H7NO2S/c1-6-2-4-7(5-3-6)71(69,70)68-66-62-55-48-36-28-19-10-8-9-11-14(10)23-30(28)38-39-31(23)29-20(11)22-18-13(9)16-15-12(8)17-21(19)34(36)42-40-26(17)24(15)32-33-25(16)27(18)41-43-35(22)37(29)49-51(39)60(59(62)50(38)48)63-56(49)54(43)58-47(41)45(33)52-44(32)46(40)57(53(42)55)64(66)61(52)65(58)67(63)68/h2-5H,1H3. The molecule has 0 aliphatic carbocycles. The van der Waals surface area contributed by atoms with Crippen molar-refractivity contribution < 1.29 is 8.42 Å². The van der Waals surface area contributed by atoms with Gasteiger partial charge in [0.15, 0.2) is 0 Å². The van der Waals surface area contributed by atoms with E-state index in [2.05, 4.69) is 6.92 Å². The Morgan fingerprint density at radius 2 is 0.338 bits per heavy atom. The Morgan fingerprint density at radius 1 is 0.211 bits per heavy atom. The highest BCUT2D eigenvalue weighted by molar-refractivity contribution is 7.90. The number of nitrogens with zero attached hydrogens (tertiary/aromatic N) is 1. The summed E-state index contributed by atoms with van der Waals surface area (Å²) in [5.41, 5.74) is 2.97. The van der Waals surface area contributed by atoms with E-state index in [-0.39, 0.29) is 0 Å². The lowest BCUT2D eigenvalue weighted by atomic mass is 9.84. The highest BCUT2D eigenvalue weighted by atomic mass is 32.2. The summed E-state index contributed by atoms with van der Waals surface area (Å²) < 4.78 is 35.7. The van der Waals surface area contributed by atoms with Gasteiger partial charge in [-0.3, -0.25) is 0 Å². The smallest absolute Gasteiger partial charge is 0.232 e. The van der Waals surface area contributed by atoms with E-state index in [4.69, 9.17) is 0 Å². The van der Waals surface area contributed by atoms with Crippen molar-refractivity contribution in [2.75, 3.05) is 0 Å². The van der Waals surface area contributed by atoms with Gasteiger partial charge < -0.3 is 0 Å². The molecule has 0 radical (unpaired) electrons. The molecule has 1 heterocycles. The number of benzene rings is 20. The molecule has 0 amide bonds. The zero-order valence-corrected chi connectivity index (χ0v) is 36.8. The molecule has 71 heavy (non-hydrogen) atoms. The van der Waals surface area contributed by atoms with Gasteiger partial charge in [0.1, 0.15) is 0 Å². The number of fused-ring (bicyclic) bond motifs is 5. The number of hydrogen-bond acceptors (Lipinski definition) is 2. The average Bonchev–Trinajstić information content (AvgIpc) is 4.39. The summed E-state index contributed by atoms with van der Waals surface area (Å²) >= 11 is 0. The molecule has 0 saturated carbocycles. The first kappa shape index (κ1) is 26.8. The van der Waals surface area contributed by atoms with Crippen LogP contribution in [0.5, 0.6) is 0 Å². The molecule has 0 aliphatic rings. The van der Waals surface area contributed by atoms with Crippen LogP contribution < -0.4 is 0 Å². The van der Waals surface area contributed by atoms with Crippen LogP contribution in [0.15, 0.2) is 29.2 Å². The van der Waals surface area contributed by atoms with E-state index in [0.29, 0.717) is 4.90 Å². The van der Waals surface area contributed by atoms with Crippen LogP contribution in [-0.2, 0) is 10.0 Å². The Morgan fingerprint density at radius 3 is 0.493 bits per heavy atom. The lowest BCUT2D eigenvalue weighted by Crippen LogP contribution is -2.16. The molecule has 0 unspecified atom stereocenters. The van der Waals surface area contributed by atoms with Crippen molar-refractivity contribution in [3.05, 3.63) is 29.8 Å². The summed E-state index contributed by atoms with van der Waals surface area (Å²) in [5, 5.41) is 85.5. The third-order valence-corrected chi connectivity index (χ3v) is 25.9. The minimum atomic E-state index is -4.19. The third kappa shape index (κ3) is 1.51. The largest absolute Gasteiger partial charge is 0.268 e. The Bertz CT molecular complexity index is 7410. The fourth-order valence-electron chi connectivity index (χ4n) is 23.5. The number of rotatable bonds is 2. The van der Waals surface area contributed by atoms with Gasteiger partial charge >= 0.3 is 0 Å². The van der Waals surface area contributed by atoms with Crippen molar-refractivity contribution in [1.82, 2.24) is 3.97 Å². The van der Waals surface area contributed by atoms with Crippen molar-refractivity contribution in [1.29, 1.82) is 0 Å². The van der Waals surface area contributed by atoms with Gasteiger partial charge in [0, 0.05) is 312 Å². The van der Waals surface area contributed by atoms with E-state index in [1.165, 1.54) is 215 Å². The molecule has 0 aliphatic heterocycles.